The molecule has 0 saturated heterocycles. The van der Waals surface area contributed by atoms with Gasteiger partial charge < -0.3 is 11.1 Å². The van der Waals surface area contributed by atoms with Crippen molar-refractivity contribution in [3.8, 4) is 0 Å². The lowest BCUT2D eigenvalue weighted by Gasteiger charge is -2.14. The summed E-state index contributed by atoms with van der Waals surface area (Å²) in [6.07, 6.45) is -4.44. The van der Waals surface area contributed by atoms with Crippen LogP contribution in [-0.2, 0) is 25.8 Å². The normalized spacial score (nSPS) is 14.7. The lowest BCUT2D eigenvalue weighted by atomic mass is 10.1. The van der Waals surface area contributed by atoms with E-state index in [2.05, 4.69) is 25.4 Å². The van der Waals surface area contributed by atoms with Gasteiger partial charge in [0.2, 0.25) is 0 Å². The minimum absolute atomic E-state index is 0.0732. The van der Waals surface area contributed by atoms with Crippen LogP contribution in [0.5, 0.6) is 0 Å². The predicted molar refractivity (Wildman–Crippen MR) is 103 cm³/mol. The summed E-state index contributed by atoms with van der Waals surface area (Å²) in [6, 6.07) is 3.56. The van der Waals surface area contributed by atoms with Crippen LogP contribution < -0.4 is 11.1 Å². The first-order valence-electron chi connectivity index (χ1n) is 9.29. The number of nitrogens with zero attached hydrogens (tertiary/aromatic N) is 5. The molecule has 7 nitrogen and oxygen atoms in total. The van der Waals surface area contributed by atoms with E-state index < -0.39 is 11.7 Å². The Morgan fingerprint density at radius 3 is 2.62 bits per heavy atom. The third-order valence-electron chi connectivity index (χ3n) is 4.95. The summed E-state index contributed by atoms with van der Waals surface area (Å²) < 4.78 is 41.2. The number of aromatic nitrogens is 4. The van der Waals surface area contributed by atoms with E-state index in [1.54, 1.807) is 0 Å². The Balaban J connectivity index is 1.70. The zero-order valence-electron chi connectivity index (χ0n) is 16.4. The number of halogens is 3. The van der Waals surface area contributed by atoms with Crippen LogP contribution in [0.15, 0.2) is 18.2 Å². The van der Waals surface area contributed by atoms with Gasteiger partial charge in [-0.3, -0.25) is 9.30 Å². The molecule has 1 aliphatic rings. The van der Waals surface area contributed by atoms with Crippen molar-refractivity contribution < 1.29 is 13.2 Å². The zero-order valence-corrected chi connectivity index (χ0v) is 16.4. The fraction of sp³-hybridized carbons (Fsp3) is 0.421. The molecule has 29 heavy (non-hydrogen) atoms. The Morgan fingerprint density at radius 1 is 1.17 bits per heavy atom. The van der Waals surface area contributed by atoms with Crippen LogP contribution in [0.2, 0.25) is 0 Å². The van der Waals surface area contributed by atoms with Crippen molar-refractivity contribution >= 4 is 17.3 Å². The lowest BCUT2D eigenvalue weighted by molar-refractivity contribution is -0.137. The van der Waals surface area contributed by atoms with E-state index in [0.717, 1.165) is 35.8 Å². The number of alkyl halides is 3. The Kier molecular flexibility index (Phi) is 4.60. The van der Waals surface area contributed by atoms with Crippen LogP contribution >= 0.6 is 0 Å². The van der Waals surface area contributed by atoms with Gasteiger partial charge in [0, 0.05) is 42.5 Å². The smallest absolute Gasteiger partial charge is 0.399 e. The molecule has 0 amide bonds. The molecule has 4 rings (SSSR count). The van der Waals surface area contributed by atoms with Gasteiger partial charge in [0.25, 0.3) is 5.78 Å². The minimum atomic E-state index is -4.44. The lowest BCUT2D eigenvalue weighted by Crippen LogP contribution is -2.11. The first-order valence-corrected chi connectivity index (χ1v) is 9.29. The molecule has 10 heteroatoms. The van der Waals surface area contributed by atoms with Crippen molar-refractivity contribution in [3.05, 3.63) is 46.4 Å². The van der Waals surface area contributed by atoms with E-state index in [4.69, 9.17) is 5.73 Å². The van der Waals surface area contributed by atoms with E-state index in [1.807, 2.05) is 25.3 Å². The fourth-order valence-corrected chi connectivity index (χ4v) is 3.66. The van der Waals surface area contributed by atoms with Crippen LogP contribution in [0, 0.1) is 0 Å². The van der Waals surface area contributed by atoms with Crippen molar-refractivity contribution in [1.29, 1.82) is 0 Å². The topological polar surface area (TPSA) is 84.4 Å². The van der Waals surface area contributed by atoms with Gasteiger partial charge in [0.1, 0.15) is 11.6 Å². The number of rotatable bonds is 4. The quantitative estimate of drug-likeness (QED) is 0.647. The first kappa shape index (κ1) is 19.4. The number of nitrogens with two attached hydrogens (primary N) is 1. The molecule has 0 fully saturated rings. The summed E-state index contributed by atoms with van der Waals surface area (Å²) in [5, 5.41) is 11.6. The fourth-order valence-electron chi connectivity index (χ4n) is 3.66. The van der Waals surface area contributed by atoms with E-state index in [0.29, 0.717) is 23.7 Å². The SMILES string of the molecule is CC(C)c1nnc2nc(NCc3cc(N)cc(C(F)(F)F)c3)c3c(n12)CN(C)C3. The second-order valence-corrected chi connectivity index (χ2v) is 7.72. The maximum atomic E-state index is 13.1. The zero-order chi connectivity index (χ0) is 20.9. The second-order valence-electron chi connectivity index (χ2n) is 7.72. The van der Waals surface area contributed by atoms with Crippen LogP contribution in [0.25, 0.3) is 5.78 Å². The molecule has 0 aliphatic carbocycles. The first-order chi connectivity index (χ1) is 13.6. The summed E-state index contributed by atoms with van der Waals surface area (Å²) in [4.78, 5) is 6.73. The van der Waals surface area contributed by atoms with Gasteiger partial charge in [-0.05, 0) is 30.8 Å². The molecule has 0 saturated carbocycles. The molecule has 3 N–H and O–H groups in total. The van der Waals surface area contributed by atoms with Gasteiger partial charge in [-0.15, -0.1) is 10.2 Å². The van der Waals surface area contributed by atoms with E-state index >= 15 is 0 Å². The van der Waals surface area contributed by atoms with Crippen LogP contribution in [0.3, 0.4) is 0 Å². The van der Waals surface area contributed by atoms with Crippen molar-refractivity contribution in [2.75, 3.05) is 18.1 Å². The van der Waals surface area contributed by atoms with E-state index in [9.17, 15) is 13.2 Å². The Morgan fingerprint density at radius 2 is 1.93 bits per heavy atom. The third kappa shape index (κ3) is 3.59. The van der Waals surface area contributed by atoms with E-state index in [-0.39, 0.29) is 18.2 Å². The molecule has 0 bridgehead atoms. The molecule has 154 valence electrons. The summed E-state index contributed by atoms with van der Waals surface area (Å²) in [7, 11) is 2.00. The summed E-state index contributed by atoms with van der Waals surface area (Å²) in [6.45, 7) is 5.66. The molecule has 0 radical (unpaired) electrons. The average molecular weight is 405 g/mol. The number of anilines is 2. The third-order valence-corrected chi connectivity index (χ3v) is 4.95. The van der Waals surface area contributed by atoms with Crippen LogP contribution in [0.4, 0.5) is 24.7 Å². The summed E-state index contributed by atoms with van der Waals surface area (Å²) >= 11 is 0. The molecule has 3 aromatic rings. The van der Waals surface area contributed by atoms with Crippen molar-refractivity contribution in [1.82, 2.24) is 24.5 Å². The molecule has 0 spiro atoms. The maximum Gasteiger partial charge on any atom is 0.416 e. The molecule has 2 aromatic heterocycles. The number of hydrogen-bond acceptors (Lipinski definition) is 6. The monoisotopic (exact) mass is 405 g/mol. The van der Waals surface area contributed by atoms with Gasteiger partial charge in [0.15, 0.2) is 0 Å². The number of nitrogen functional groups attached to an aromatic ring is 1. The second kappa shape index (κ2) is 6.87. The van der Waals surface area contributed by atoms with E-state index in [1.165, 1.54) is 6.07 Å². The minimum Gasteiger partial charge on any atom is -0.399 e. The summed E-state index contributed by atoms with van der Waals surface area (Å²) in [5.41, 5.74) is 7.47. The van der Waals surface area contributed by atoms with Gasteiger partial charge in [-0.1, -0.05) is 13.8 Å². The average Bonchev–Trinajstić information content (AvgIpc) is 3.21. The van der Waals surface area contributed by atoms with Crippen molar-refractivity contribution in [2.45, 2.75) is 45.6 Å². The molecule has 1 aliphatic heterocycles. The van der Waals surface area contributed by atoms with Gasteiger partial charge >= 0.3 is 6.18 Å². The number of benzene rings is 1. The maximum absolute atomic E-state index is 13.1. The molecule has 0 unspecified atom stereocenters. The highest BCUT2D eigenvalue weighted by molar-refractivity contribution is 5.55. The molecular formula is C19H22F3N7. The highest BCUT2D eigenvalue weighted by Crippen LogP contribution is 2.33. The number of hydrogen-bond donors (Lipinski definition) is 2. The van der Waals surface area contributed by atoms with Crippen LogP contribution in [0.1, 0.15) is 48.0 Å². The van der Waals surface area contributed by atoms with Gasteiger partial charge in [0.05, 0.1) is 5.56 Å². The van der Waals surface area contributed by atoms with Crippen LogP contribution in [-0.4, -0.2) is 31.5 Å². The standard InChI is InChI=1S/C19H22F3N7/c1-10(2)17-26-27-18-25-16(14-8-28(3)9-15(14)29(17)18)24-7-11-4-12(19(20,21)22)6-13(23)5-11/h4-6,10H,7-9,23H2,1-3H3,(H,24,25,27). The Labute approximate surface area is 165 Å². The highest BCUT2D eigenvalue weighted by Gasteiger charge is 2.31. The van der Waals surface area contributed by atoms with Gasteiger partial charge in [-0.25, -0.2) is 0 Å². The largest absolute Gasteiger partial charge is 0.416 e. The molecule has 1 aromatic carbocycles. The summed E-state index contributed by atoms with van der Waals surface area (Å²) in [5.74, 6) is 2.12. The predicted octanol–water partition coefficient (Wildman–Crippen LogP) is 3.41. The number of fused-ring (bicyclic) bond motifs is 3. The molecule has 3 heterocycles. The van der Waals surface area contributed by atoms with Crippen molar-refractivity contribution in [3.63, 3.8) is 0 Å². The molecule has 0 atom stereocenters. The Bertz CT molecular complexity index is 1070. The molecular weight excluding hydrogens is 383 g/mol. The highest BCUT2D eigenvalue weighted by atomic mass is 19.4. The van der Waals surface area contributed by atoms with Crippen molar-refractivity contribution in [2.24, 2.45) is 0 Å². The van der Waals surface area contributed by atoms with Gasteiger partial charge in [-0.2, -0.15) is 18.2 Å². The number of nitrogens with one attached hydrogen (secondary N) is 1. The Hall–Kier alpha value is -2.88.